The van der Waals surface area contributed by atoms with Gasteiger partial charge in [0, 0.05) is 19.3 Å². The fourth-order valence-electron chi connectivity index (χ4n) is 3.17. The number of hydrogen-bond acceptors (Lipinski definition) is 1. The second-order valence-corrected chi connectivity index (χ2v) is 6.60. The summed E-state index contributed by atoms with van der Waals surface area (Å²) in [5.74, 6) is 0. The van der Waals surface area contributed by atoms with Crippen molar-refractivity contribution in [3.05, 3.63) is 36.6 Å². The van der Waals surface area contributed by atoms with E-state index >= 15 is 0 Å². The maximum absolute atomic E-state index is 4.00. The highest BCUT2D eigenvalue weighted by Gasteiger charge is 2.34. The van der Waals surface area contributed by atoms with Crippen molar-refractivity contribution in [2.24, 2.45) is 10.8 Å². The minimum Gasteiger partial charge on any atom is -0.374 e. The van der Waals surface area contributed by atoms with Crippen LogP contribution >= 0.6 is 0 Å². The summed E-state index contributed by atoms with van der Waals surface area (Å²) in [7, 11) is 2.15. The summed E-state index contributed by atoms with van der Waals surface area (Å²) in [6, 6.07) is 0. The summed E-state index contributed by atoms with van der Waals surface area (Å²) < 4.78 is 0. The van der Waals surface area contributed by atoms with Crippen LogP contribution in [-0.4, -0.2) is 18.5 Å². The summed E-state index contributed by atoms with van der Waals surface area (Å²) in [5, 5.41) is 0. The molecule has 0 unspecified atom stereocenters. The summed E-state index contributed by atoms with van der Waals surface area (Å²) in [6.07, 6.45) is 6.38. The topological polar surface area (TPSA) is 3.24 Å². The molecule has 1 rings (SSSR count). The fourth-order valence-corrected chi connectivity index (χ4v) is 3.17. The zero-order chi connectivity index (χ0) is 15.3. The SMILES string of the molecule is C=C/C1=C(\C=C)C(C)(C)CC(C)(C)CCN1C.CC. The highest BCUT2D eigenvalue weighted by atomic mass is 15.1. The molecule has 0 N–H and O–H groups in total. The van der Waals surface area contributed by atoms with E-state index in [1.54, 1.807) is 0 Å². The van der Waals surface area contributed by atoms with Crippen molar-refractivity contribution in [1.82, 2.24) is 4.90 Å². The molecule has 0 atom stereocenters. The molecule has 0 aromatic heterocycles. The van der Waals surface area contributed by atoms with E-state index in [2.05, 4.69) is 52.8 Å². The van der Waals surface area contributed by atoms with Crippen LogP contribution in [-0.2, 0) is 0 Å². The van der Waals surface area contributed by atoms with Gasteiger partial charge in [-0.25, -0.2) is 0 Å². The molecule has 0 fully saturated rings. The first-order chi connectivity index (χ1) is 8.73. The third kappa shape index (κ3) is 4.56. The molecule has 0 amide bonds. The third-order valence-electron chi connectivity index (χ3n) is 3.86. The largest absolute Gasteiger partial charge is 0.374 e. The van der Waals surface area contributed by atoms with E-state index in [1.807, 2.05) is 26.0 Å². The Balaban J connectivity index is 0.00000154. The van der Waals surface area contributed by atoms with Gasteiger partial charge in [-0.3, -0.25) is 0 Å². The van der Waals surface area contributed by atoms with E-state index in [0.29, 0.717) is 5.41 Å². The van der Waals surface area contributed by atoms with Gasteiger partial charge >= 0.3 is 0 Å². The van der Waals surface area contributed by atoms with Crippen LogP contribution in [0.15, 0.2) is 36.6 Å². The normalized spacial score (nSPS) is 25.5. The Morgan fingerprint density at radius 3 is 2.00 bits per heavy atom. The number of rotatable bonds is 2. The van der Waals surface area contributed by atoms with Gasteiger partial charge in [-0.05, 0) is 35.3 Å². The summed E-state index contributed by atoms with van der Waals surface area (Å²) in [4.78, 5) is 2.31. The monoisotopic (exact) mass is 263 g/mol. The Bertz CT molecular complexity index is 345. The lowest BCUT2D eigenvalue weighted by atomic mass is 9.68. The Labute approximate surface area is 121 Å². The molecule has 0 aromatic rings. The molecule has 0 saturated heterocycles. The molecule has 1 aliphatic rings. The van der Waals surface area contributed by atoms with E-state index in [4.69, 9.17) is 0 Å². The molecule has 0 aromatic carbocycles. The van der Waals surface area contributed by atoms with Gasteiger partial charge in [0.1, 0.15) is 0 Å². The van der Waals surface area contributed by atoms with Gasteiger partial charge in [-0.1, -0.05) is 60.8 Å². The standard InChI is InChI=1S/C16H27N.C2H6/c1-8-13-14(9-2)17(7)11-10-15(3,4)12-16(13,5)6;1-2/h8-9H,1-2,10-12H2,3-7H3;1-2H3/b14-13-;. The Morgan fingerprint density at radius 1 is 1.05 bits per heavy atom. The van der Waals surface area contributed by atoms with Crippen LogP contribution < -0.4 is 0 Å². The zero-order valence-electron chi connectivity index (χ0n) is 14.1. The van der Waals surface area contributed by atoms with Crippen molar-refractivity contribution in [2.75, 3.05) is 13.6 Å². The van der Waals surface area contributed by atoms with E-state index < -0.39 is 0 Å². The van der Waals surface area contributed by atoms with Crippen LogP contribution in [0.3, 0.4) is 0 Å². The first kappa shape index (κ1) is 18.0. The maximum Gasteiger partial charge on any atom is 0.0395 e. The summed E-state index contributed by atoms with van der Waals surface area (Å²) in [6.45, 7) is 22.4. The average Bonchev–Trinajstić information content (AvgIpc) is 2.32. The third-order valence-corrected chi connectivity index (χ3v) is 3.86. The van der Waals surface area contributed by atoms with Crippen LogP contribution in [0.2, 0.25) is 0 Å². The van der Waals surface area contributed by atoms with Gasteiger partial charge in [0.25, 0.3) is 0 Å². The van der Waals surface area contributed by atoms with Gasteiger partial charge in [0.05, 0.1) is 0 Å². The molecule has 0 bridgehead atoms. The molecule has 0 radical (unpaired) electrons. The Hall–Kier alpha value is -0.980. The van der Waals surface area contributed by atoms with Crippen LogP contribution in [0.1, 0.15) is 54.4 Å². The number of nitrogens with zero attached hydrogens (tertiary/aromatic N) is 1. The molecule has 1 heteroatoms. The summed E-state index contributed by atoms with van der Waals surface area (Å²) in [5.41, 5.74) is 3.09. The van der Waals surface area contributed by atoms with Crippen molar-refractivity contribution in [3.8, 4) is 0 Å². The molecule has 0 aliphatic carbocycles. The van der Waals surface area contributed by atoms with Crippen LogP contribution in [0.25, 0.3) is 0 Å². The zero-order valence-corrected chi connectivity index (χ0v) is 14.1. The molecular weight excluding hydrogens is 230 g/mol. The lowest BCUT2D eigenvalue weighted by Gasteiger charge is -2.42. The number of hydrogen-bond donors (Lipinski definition) is 0. The fraction of sp³-hybridized carbons (Fsp3) is 0.667. The lowest BCUT2D eigenvalue weighted by Crippen LogP contribution is -2.34. The second kappa shape index (κ2) is 6.98. The van der Waals surface area contributed by atoms with E-state index in [0.717, 1.165) is 6.54 Å². The summed E-state index contributed by atoms with van der Waals surface area (Å²) >= 11 is 0. The van der Waals surface area contributed by atoms with Gasteiger partial charge in [-0.2, -0.15) is 0 Å². The predicted molar refractivity (Wildman–Crippen MR) is 88.2 cm³/mol. The van der Waals surface area contributed by atoms with Gasteiger partial charge in [0.2, 0.25) is 0 Å². The highest BCUT2D eigenvalue weighted by molar-refractivity contribution is 5.35. The first-order valence-corrected chi connectivity index (χ1v) is 7.44. The Kier molecular flexibility index (Phi) is 6.62. The van der Waals surface area contributed by atoms with Crippen LogP contribution in [0.4, 0.5) is 0 Å². The molecule has 0 saturated carbocycles. The van der Waals surface area contributed by atoms with Gasteiger partial charge in [-0.15, -0.1) is 0 Å². The smallest absolute Gasteiger partial charge is 0.0395 e. The van der Waals surface area contributed by atoms with Crippen molar-refractivity contribution in [3.63, 3.8) is 0 Å². The van der Waals surface area contributed by atoms with Crippen LogP contribution in [0, 0.1) is 10.8 Å². The van der Waals surface area contributed by atoms with E-state index in [-0.39, 0.29) is 5.41 Å². The number of likely N-dealkylation sites (N-methyl/N-ethyl adjacent to an activating group) is 1. The molecule has 110 valence electrons. The molecule has 1 nitrogen and oxygen atoms in total. The maximum atomic E-state index is 4.00. The minimum atomic E-state index is 0.156. The quantitative estimate of drug-likeness (QED) is 0.643. The molecule has 1 aliphatic heterocycles. The first-order valence-electron chi connectivity index (χ1n) is 7.44. The molecular formula is C18H33N. The van der Waals surface area contributed by atoms with E-state index in [1.165, 1.54) is 24.1 Å². The molecule has 19 heavy (non-hydrogen) atoms. The van der Waals surface area contributed by atoms with Crippen molar-refractivity contribution >= 4 is 0 Å². The molecule has 0 spiro atoms. The van der Waals surface area contributed by atoms with Crippen molar-refractivity contribution in [2.45, 2.75) is 54.4 Å². The lowest BCUT2D eigenvalue weighted by molar-refractivity contribution is 0.179. The van der Waals surface area contributed by atoms with Gasteiger partial charge < -0.3 is 4.90 Å². The minimum absolute atomic E-state index is 0.156. The van der Waals surface area contributed by atoms with Crippen LogP contribution in [0.5, 0.6) is 0 Å². The van der Waals surface area contributed by atoms with E-state index in [9.17, 15) is 0 Å². The second-order valence-electron chi connectivity index (χ2n) is 6.60. The van der Waals surface area contributed by atoms with Crippen molar-refractivity contribution in [1.29, 1.82) is 0 Å². The highest BCUT2D eigenvalue weighted by Crippen LogP contribution is 2.44. The molecule has 1 heterocycles. The average molecular weight is 263 g/mol. The number of allylic oxidation sites excluding steroid dienone is 3. The Morgan fingerprint density at radius 2 is 1.58 bits per heavy atom. The van der Waals surface area contributed by atoms with Gasteiger partial charge in [0.15, 0.2) is 0 Å². The van der Waals surface area contributed by atoms with Crippen molar-refractivity contribution < 1.29 is 0 Å². The predicted octanol–water partition coefficient (Wildman–Crippen LogP) is 5.42.